The highest BCUT2D eigenvalue weighted by molar-refractivity contribution is 7.99. The van der Waals surface area contributed by atoms with Crippen molar-refractivity contribution in [1.82, 2.24) is 19.3 Å². The van der Waals surface area contributed by atoms with Gasteiger partial charge >= 0.3 is 5.97 Å². The van der Waals surface area contributed by atoms with Crippen LogP contribution in [0.5, 0.6) is 5.75 Å². The van der Waals surface area contributed by atoms with Crippen molar-refractivity contribution in [3.8, 4) is 17.1 Å². The number of non-ortho nitro benzene ring substituents is 1. The minimum Gasteiger partial charge on any atom is -0.494 e. The molecule has 0 saturated carbocycles. The molecule has 1 aliphatic heterocycles. The average molecular weight is 745 g/mol. The maximum atomic E-state index is 14.3. The molecular weight excluding hydrogens is 712 g/mol. The van der Waals surface area contributed by atoms with E-state index in [1.54, 1.807) is 57.2 Å². The molecule has 1 atom stereocenters. The summed E-state index contributed by atoms with van der Waals surface area (Å²) >= 11 is 8.64. The third-order valence-corrected chi connectivity index (χ3v) is 10.2. The highest BCUT2D eigenvalue weighted by Crippen LogP contribution is 2.35. The number of carbonyl (C=O) groups is 1. The highest BCUT2D eigenvalue weighted by atomic mass is 35.5. The lowest BCUT2D eigenvalue weighted by atomic mass is 9.96. The summed E-state index contributed by atoms with van der Waals surface area (Å²) in [5, 5.41) is 21.8. The van der Waals surface area contributed by atoms with E-state index in [2.05, 4.69) is 15.2 Å². The van der Waals surface area contributed by atoms with Crippen molar-refractivity contribution < 1.29 is 19.2 Å². The Morgan fingerprint density at radius 3 is 2.55 bits per heavy atom. The largest absolute Gasteiger partial charge is 0.494 e. The molecule has 2 aromatic heterocycles. The lowest BCUT2D eigenvalue weighted by molar-refractivity contribution is -0.384. The summed E-state index contributed by atoms with van der Waals surface area (Å²) in [5.41, 5.74) is 2.00. The van der Waals surface area contributed by atoms with E-state index in [0.29, 0.717) is 61.4 Å². The fourth-order valence-electron chi connectivity index (χ4n) is 5.67. The number of nitrogens with zero attached hydrogens (tertiary/aromatic N) is 6. The second kappa shape index (κ2) is 15.1. The second-order valence-electron chi connectivity index (χ2n) is 11.7. The summed E-state index contributed by atoms with van der Waals surface area (Å²) in [6.07, 6.45) is 1.22. The summed E-state index contributed by atoms with van der Waals surface area (Å²) in [6.45, 7) is 10.1. The standard InChI is InChI=1S/C36H33ClN6O6S2/c1-6-41-32(23-9-8-10-25(37)17-23)39-40-36(41)50-28-16-13-26(43(46)47)18-24(28)19-29-33(44)42-31(22-11-14-27(15-12-22)48-7-2)30(34(45)49-20(3)4)21(5)38-35(42)51-29/h8-20,31H,6-7H2,1-5H3/b29-19-/t31-/m1/s1. The molecule has 5 aromatic rings. The molecule has 262 valence electrons. The van der Waals surface area contributed by atoms with Crippen LogP contribution in [0.1, 0.15) is 51.8 Å². The molecule has 12 nitrogen and oxygen atoms in total. The Hall–Kier alpha value is -5.05. The van der Waals surface area contributed by atoms with Crippen molar-refractivity contribution >= 4 is 52.4 Å². The van der Waals surface area contributed by atoms with Crippen molar-refractivity contribution in [2.75, 3.05) is 6.61 Å². The number of hydrogen-bond donors (Lipinski definition) is 0. The Labute approximate surface area is 305 Å². The van der Waals surface area contributed by atoms with Gasteiger partial charge in [-0.2, -0.15) is 0 Å². The van der Waals surface area contributed by atoms with Crippen LogP contribution in [-0.2, 0) is 16.1 Å². The van der Waals surface area contributed by atoms with Gasteiger partial charge in [0.25, 0.3) is 11.2 Å². The number of nitro groups is 1. The molecule has 0 aliphatic carbocycles. The SMILES string of the molecule is CCOc1ccc([C@@H]2C(C(=O)OC(C)C)=C(C)N=c3s/c(=C\c4cc([N+](=O)[O-])ccc4Sc4nnc(-c5cccc(Cl)c5)n4CC)c(=O)n32)cc1. The van der Waals surface area contributed by atoms with Gasteiger partial charge in [-0.3, -0.25) is 19.5 Å². The second-order valence-corrected chi connectivity index (χ2v) is 14.1. The van der Waals surface area contributed by atoms with Crippen molar-refractivity contribution in [2.45, 2.75) is 63.4 Å². The van der Waals surface area contributed by atoms with Crippen molar-refractivity contribution in [1.29, 1.82) is 0 Å². The van der Waals surface area contributed by atoms with Gasteiger partial charge < -0.3 is 14.0 Å². The molecule has 1 aliphatic rings. The average Bonchev–Trinajstić information content (AvgIpc) is 3.64. The Balaban J connectivity index is 1.48. The number of fused-ring (bicyclic) bond motifs is 1. The number of benzene rings is 3. The number of carbonyl (C=O) groups excluding carboxylic acids is 1. The topological polar surface area (TPSA) is 144 Å². The number of hydrogen-bond acceptors (Lipinski definition) is 11. The molecule has 0 amide bonds. The monoisotopic (exact) mass is 744 g/mol. The summed E-state index contributed by atoms with van der Waals surface area (Å²) in [6, 6.07) is 18.1. The smallest absolute Gasteiger partial charge is 0.338 e. The molecule has 0 bridgehead atoms. The normalized spacial score (nSPS) is 14.4. The third-order valence-electron chi connectivity index (χ3n) is 7.90. The first-order chi connectivity index (χ1) is 24.5. The Morgan fingerprint density at radius 1 is 1.12 bits per heavy atom. The molecule has 0 unspecified atom stereocenters. The number of nitro benzene ring substituents is 1. The van der Waals surface area contributed by atoms with Gasteiger partial charge in [-0.15, -0.1) is 10.2 Å². The van der Waals surface area contributed by atoms with E-state index in [-0.39, 0.29) is 15.8 Å². The number of ether oxygens (including phenoxy) is 2. The first-order valence-corrected chi connectivity index (χ1v) is 18.1. The Morgan fingerprint density at radius 2 is 1.88 bits per heavy atom. The number of thiazole rings is 1. The van der Waals surface area contributed by atoms with E-state index in [4.69, 9.17) is 21.1 Å². The van der Waals surface area contributed by atoms with Crippen LogP contribution in [0.15, 0.2) is 97.8 Å². The highest BCUT2D eigenvalue weighted by Gasteiger charge is 2.34. The summed E-state index contributed by atoms with van der Waals surface area (Å²) in [5.74, 6) is 0.694. The first-order valence-electron chi connectivity index (χ1n) is 16.1. The van der Waals surface area contributed by atoms with E-state index in [1.807, 2.05) is 42.7 Å². The molecule has 0 saturated heterocycles. The molecule has 15 heteroatoms. The summed E-state index contributed by atoms with van der Waals surface area (Å²) < 4.78 is 14.9. The van der Waals surface area contributed by atoms with Gasteiger partial charge in [0.1, 0.15) is 5.75 Å². The molecule has 3 heterocycles. The quantitative estimate of drug-likeness (QED) is 0.0833. The van der Waals surface area contributed by atoms with E-state index < -0.39 is 28.6 Å². The lowest BCUT2D eigenvalue weighted by Crippen LogP contribution is -2.40. The molecule has 0 N–H and O–H groups in total. The summed E-state index contributed by atoms with van der Waals surface area (Å²) in [4.78, 5) is 44.9. The number of halogens is 1. The predicted molar refractivity (Wildman–Crippen MR) is 196 cm³/mol. The van der Waals surface area contributed by atoms with E-state index >= 15 is 0 Å². The van der Waals surface area contributed by atoms with E-state index in [1.165, 1.54) is 28.5 Å². The fraction of sp³-hybridized carbons (Fsp3) is 0.250. The third kappa shape index (κ3) is 7.39. The van der Waals surface area contributed by atoms with Crippen LogP contribution in [0.4, 0.5) is 5.69 Å². The van der Waals surface area contributed by atoms with Crippen LogP contribution in [0.3, 0.4) is 0 Å². The maximum Gasteiger partial charge on any atom is 0.338 e. The van der Waals surface area contributed by atoms with Crippen LogP contribution in [0.25, 0.3) is 17.5 Å². The predicted octanol–water partition coefficient (Wildman–Crippen LogP) is 6.58. The Kier molecular flexibility index (Phi) is 10.6. The Bertz CT molecular complexity index is 2360. The van der Waals surface area contributed by atoms with Crippen LogP contribution in [-0.4, -0.2) is 42.9 Å². The van der Waals surface area contributed by atoms with Gasteiger partial charge in [0.15, 0.2) is 15.8 Å². The molecule has 0 fully saturated rings. The lowest BCUT2D eigenvalue weighted by Gasteiger charge is -2.25. The first kappa shape index (κ1) is 35.8. The van der Waals surface area contributed by atoms with Crippen LogP contribution < -0.4 is 19.6 Å². The van der Waals surface area contributed by atoms with Crippen LogP contribution in [0.2, 0.25) is 5.02 Å². The molecule has 0 spiro atoms. The van der Waals surface area contributed by atoms with Gasteiger partial charge in [0.2, 0.25) is 0 Å². The molecule has 51 heavy (non-hydrogen) atoms. The van der Waals surface area contributed by atoms with Crippen LogP contribution >= 0.6 is 34.7 Å². The maximum absolute atomic E-state index is 14.3. The van der Waals surface area contributed by atoms with Crippen molar-refractivity contribution in [3.63, 3.8) is 0 Å². The van der Waals surface area contributed by atoms with Gasteiger partial charge in [0.05, 0.1) is 39.5 Å². The van der Waals surface area contributed by atoms with E-state index in [0.717, 1.165) is 16.9 Å². The van der Waals surface area contributed by atoms with Gasteiger partial charge in [-0.25, -0.2) is 9.79 Å². The number of allylic oxidation sites excluding steroid dienone is 1. The van der Waals surface area contributed by atoms with E-state index in [9.17, 15) is 19.7 Å². The zero-order chi connectivity index (χ0) is 36.4. The zero-order valence-corrected chi connectivity index (χ0v) is 30.7. The minimum atomic E-state index is -0.836. The van der Waals surface area contributed by atoms with Crippen molar-refractivity contribution in [3.05, 3.63) is 124 Å². The number of aromatic nitrogens is 4. The summed E-state index contributed by atoms with van der Waals surface area (Å²) in [7, 11) is 0. The number of esters is 1. The molecule has 6 rings (SSSR count). The van der Waals surface area contributed by atoms with Gasteiger partial charge in [0, 0.05) is 34.2 Å². The molecule has 3 aromatic carbocycles. The van der Waals surface area contributed by atoms with Gasteiger partial charge in [-0.05, 0) is 93.9 Å². The van der Waals surface area contributed by atoms with Crippen molar-refractivity contribution in [2.24, 2.45) is 4.99 Å². The van der Waals surface area contributed by atoms with Crippen LogP contribution in [0, 0.1) is 10.1 Å². The zero-order valence-electron chi connectivity index (χ0n) is 28.3. The number of rotatable bonds is 11. The van der Waals surface area contributed by atoms with Gasteiger partial charge in [-0.1, -0.05) is 47.2 Å². The minimum absolute atomic E-state index is 0.142. The molecule has 0 radical (unpaired) electrons. The molecular formula is C36H33ClN6O6S2. The fourth-order valence-corrected chi connectivity index (χ4v) is 7.88.